The van der Waals surface area contributed by atoms with Crippen LogP contribution in [-0.2, 0) is 4.79 Å². The van der Waals surface area contributed by atoms with Gasteiger partial charge in [-0.05, 0) is 41.5 Å². The molecule has 1 heterocycles. The Labute approximate surface area is 151 Å². The smallest absolute Gasteiger partial charge is 0.252 e. The zero-order chi connectivity index (χ0) is 18.7. The summed E-state index contributed by atoms with van der Waals surface area (Å²) in [5.74, 6) is 1.51. The van der Waals surface area contributed by atoms with E-state index in [9.17, 15) is 4.79 Å². The molecule has 26 heavy (non-hydrogen) atoms. The molecule has 3 rings (SSSR count). The number of rotatable bonds is 5. The Bertz CT molecular complexity index is 963. The van der Waals surface area contributed by atoms with E-state index >= 15 is 0 Å². The maximum atomic E-state index is 11.7. The Kier molecular flexibility index (Phi) is 4.84. The quantitative estimate of drug-likeness (QED) is 0.660. The van der Waals surface area contributed by atoms with Gasteiger partial charge in [-0.25, -0.2) is 9.97 Å². The lowest BCUT2D eigenvalue weighted by atomic mass is 10.0. The molecule has 0 aliphatic rings. The van der Waals surface area contributed by atoms with Crippen molar-refractivity contribution in [2.45, 2.75) is 0 Å². The molecule has 0 unspecified atom stereocenters. The van der Waals surface area contributed by atoms with Crippen molar-refractivity contribution in [3.8, 4) is 22.6 Å². The molecule has 0 saturated carbocycles. The number of aromatic nitrogens is 2. The van der Waals surface area contributed by atoms with Crippen LogP contribution in [0, 0.1) is 0 Å². The van der Waals surface area contributed by atoms with Crippen LogP contribution in [0.4, 0.5) is 5.95 Å². The van der Waals surface area contributed by atoms with E-state index in [-0.39, 0.29) is 5.91 Å². The minimum Gasteiger partial charge on any atom is -0.497 e. The van der Waals surface area contributed by atoms with Crippen LogP contribution in [0.5, 0.6) is 11.5 Å². The van der Waals surface area contributed by atoms with Crippen LogP contribution in [-0.4, -0.2) is 37.1 Å². The molecule has 0 radical (unpaired) electrons. The first kappa shape index (κ1) is 17.4. The number of amides is 1. The van der Waals surface area contributed by atoms with E-state index < -0.39 is 0 Å². The molecule has 6 nitrogen and oxygen atoms in total. The zero-order valence-corrected chi connectivity index (χ0v) is 14.9. The van der Waals surface area contributed by atoms with Crippen molar-refractivity contribution in [1.82, 2.24) is 9.97 Å². The molecular weight excluding hydrogens is 330 g/mol. The van der Waals surface area contributed by atoms with Crippen LogP contribution in [0.15, 0.2) is 55.3 Å². The van der Waals surface area contributed by atoms with Crippen molar-refractivity contribution in [3.63, 3.8) is 0 Å². The fraction of sp³-hybridized carbons (Fsp3) is 0.150. The van der Waals surface area contributed by atoms with Gasteiger partial charge in [0, 0.05) is 24.7 Å². The van der Waals surface area contributed by atoms with E-state index in [0.717, 1.165) is 33.5 Å². The SMILES string of the molecule is C=CC(=O)N(C)c1ncc2cc(-c3cc(OC)cc(OC)c3)ccc2n1. The van der Waals surface area contributed by atoms with E-state index in [1.165, 1.54) is 11.0 Å². The number of nitrogens with zero attached hydrogens (tertiary/aromatic N) is 3. The predicted octanol–water partition coefficient (Wildman–Crippen LogP) is 3.46. The summed E-state index contributed by atoms with van der Waals surface area (Å²) in [6.45, 7) is 3.48. The molecule has 0 N–H and O–H groups in total. The van der Waals surface area contributed by atoms with Crippen molar-refractivity contribution in [3.05, 3.63) is 55.3 Å². The highest BCUT2D eigenvalue weighted by atomic mass is 16.5. The summed E-state index contributed by atoms with van der Waals surface area (Å²) in [5.41, 5.74) is 2.70. The Balaban J connectivity index is 2.03. The van der Waals surface area contributed by atoms with Gasteiger partial charge in [-0.1, -0.05) is 12.6 Å². The Hall–Kier alpha value is -3.41. The number of hydrogen-bond donors (Lipinski definition) is 0. The molecule has 0 aliphatic heterocycles. The Morgan fingerprint density at radius 3 is 2.38 bits per heavy atom. The monoisotopic (exact) mass is 349 g/mol. The average Bonchev–Trinajstić information content (AvgIpc) is 2.71. The third kappa shape index (κ3) is 3.35. The molecule has 1 aromatic heterocycles. The first-order valence-electron chi connectivity index (χ1n) is 7.96. The third-order valence-corrected chi connectivity index (χ3v) is 4.06. The van der Waals surface area contributed by atoms with Crippen molar-refractivity contribution < 1.29 is 14.3 Å². The van der Waals surface area contributed by atoms with Gasteiger partial charge >= 0.3 is 0 Å². The van der Waals surface area contributed by atoms with E-state index in [0.29, 0.717) is 5.95 Å². The zero-order valence-electron chi connectivity index (χ0n) is 14.9. The molecule has 132 valence electrons. The molecule has 0 aliphatic carbocycles. The molecule has 0 fully saturated rings. The molecular formula is C20H19N3O3. The van der Waals surface area contributed by atoms with Crippen molar-refractivity contribution in [1.29, 1.82) is 0 Å². The fourth-order valence-electron chi connectivity index (χ4n) is 2.57. The second-order valence-electron chi connectivity index (χ2n) is 5.65. The van der Waals surface area contributed by atoms with Crippen LogP contribution in [0.25, 0.3) is 22.0 Å². The second-order valence-corrected chi connectivity index (χ2v) is 5.65. The van der Waals surface area contributed by atoms with Gasteiger partial charge in [0.1, 0.15) is 11.5 Å². The van der Waals surface area contributed by atoms with Crippen LogP contribution in [0.1, 0.15) is 0 Å². The molecule has 3 aromatic rings. The number of ether oxygens (including phenoxy) is 2. The highest BCUT2D eigenvalue weighted by molar-refractivity contribution is 5.99. The van der Waals surface area contributed by atoms with Gasteiger partial charge in [0.15, 0.2) is 0 Å². The number of methoxy groups -OCH3 is 2. The van der Waals surface area contributed by atoms with Gasteiger partial charge < -0.3 is 9.47 Å². The predicted molar refractivity (Wildman–Crippen MR) is 102 cm³/mol. The summed E-state index contributed by atoms with van der Waals surface area (Å²) in [6.07, 6.45) is 2.93. The second kappa shape index (κ2) is 7.23. The number of benzene rings is 2. The summed E-state index contributed by atoms with van der Waals surface area (Å²) in [4.78, 5) is 21.8. The molecule has 1 amide bonds. The lowest BCUT2D eigenvalue weighted by molar-refractivity contribution is -0.113. The highest BCUT2D eigenvalue weighted by Crippen LogP contribution is 2.31. The summed E-state index contributed by atoms with van der Waals surface area (Å²) in [5, 5.41) is 0.868. The van der Waals surface area contributed by atoms with Crippen molar-refractivity contribution >= 4 is 22.8 Å². The molecule has 0 bridgehead atoms. The minimum absolute atomic E-state index is 0.260. The maximum Gasteiger partial charge on any atom is 0.252 e. The van der Waals surface area contributed by atoms with Crippen molar-refractivity contribution in [2.24, 2.45) is 0 Å². The number of anilines is 1. The van der Waals surface area contributed by atoms with E-state index in [1.54, 1.807) is 27.5 Å². The van der Waals surface area contributed by atoms with Gasteiger partial charge in [0.2, 0.25) is 5.95 Å². The largest absolute Gasteiger partial charge is 0.497 e. The van der Waals surface area contributed by atoms with Crippen LogP contribution in [0.2, 0.25) is 0 Å². The number of carbonyl (C=O) groups is 1. The summed E-state index contributed by atoms with van der Waals surface area (Å²) in [6, 6.07) is 11.6. The van der Waals surface area contributed by atoms with Gasteiger partial charge in [0.05, 0.1) is 19.7 Å². The Morgan fingerprint density at radius 2 is 1.77 bits per heavy atom. The van der Waals surface area contributed by atoms with Crippen LogP contribution >= 0.6 is 0 Å². The van der Waals surface area contributed by atoms with Gasteiger partial charge in [0.25, 0.3) is 5.91 Å². The molecule has 6 heteroatoms. The molecule has 0 saturated heterocycles. The fourth-order valence-corrected chi connectivity index (χ4v) is 2.57. The summed E-state index contributed by atoms with van der Waals surface area (Å²) < 4.78 is 10.7. The van der Waals surface area contributed by atoms with E-state index in [1.807, 2.05) is 36.4 Å². The number of hydrogen-bond acceptors (Lipinski definition) is 5. The van der Waals surface area contributed by atoms with Gasteiger partial charge in [-0.3, -0.25) is 9.69 Å². The summed E-state index contributed by atoms with van der Waals surface area (Å²) >= 11 is 0. The maximum absolute atomic E-state index is 11.7. The van der Waals surface area contributed by atoms with Crippen LogP contribution < -0.4 is 14.4 Å². The molecule has 2 aromatic carbocycles. The highest BCUT2D eigenvalue weighted by Gasteiger charge is 2.11. The van der Waals surface area contributed by atoms with Crippen molar-refractivity contribution in [2.75, 3.05) is 26.2 Å². The number of likely N-dealkylation sites (N-methyl/N-ethyl adjacent to an activating group) is 1. The Morgan fingerprint density at radius 1 is 1.08 bits per heavy atom. The van der Waals surface area contributed by atoms with E-state index in [4.69, 9.17) is 9.47 Å². The first-order valence-corrected chi connectivity index (χ1v) is 7.96. The normalized spacial score (nSPS) is 10.4. The van der Waals surface area contributed by atoms with E-state index in [2.05, 4.69) is 16.5 Å². The van der Waals surface area contributed by atoms with Gasteiger partial charge in [-0.2, -0.15) is 0 Å². The topological polar surface area (TPSA) is 64.6 Å². The number of carbonyl (C=O) groups excluding carboxylic acids is 1. The lowest BCUT2D eigenvalue weighted by Crippen LogP contribution is -2.25. The minimum atomic E-state index is -0.260. The summed E-state index contributed by atoms with van der Waals surface area (Å²) in [7, 11) is 4.85. The standard InChI is InChI=1S/C20H19N3O3/c1-5-19(24)23(2)20-21-12-15-8-13(6-7-18(15)22-20)14-9-16(25-3)11-17(10-14)26-4/h5-12H,1H2,2-4H3. The molecule has 0 spiro atoms. The first-order chi connectivity index (χ1) is 12.5. The molecule has 0 atom stereocenters. The lowest BCUT2D eigenvalue weighted by Gasteiger charge is -2.13. The number of fused-ring (bicyclic) bond motifs is 1. The van der Waals surface area contributed by atoms with Gasteiger partial charge in [-0.15, -0.1) is 0 Å². The third-order valence-electron chi connectivity index (χ3n) is 4.06. The average molecular weight is 349 g/mol. The van der Waals surface area contributed by atoms with Crippen LogP contribution in [0.3, 0.4) is 0 Å².